The molecular weight excluding hydrogens is 275 g/mol. The molecule has 4 nitrogen and oxygen atoms in total. The summed E-state index contributed by atoms with van der Waals surface area (Å²) in [6, 6.07) is 7.32. The fourth-order valence-corrected chi connectivity index (χ4v) is 1.55. The summed E-state index contributed by atoms with van der Waals surface area (Å²) in [6.45, 7) is 0.179. The number of rotatable bonds is 4. The van der Waals surface area contributed by atoms with Crippen molar-refractivity contribution in [1.29, 1.82) is 0 Å². The van der Waals surface area contributed by atoms with Crippen LogP contribution in [0.4, 0.5) is 18.9 Å². The van der Waals surface area contributed by atoms with Crippen LogP contribution in [0.2, 0.25) is 0 Å². The number of carbonyl (C=O) groups is 1. The second-order valence-corrected chi connectivity index (χ2v) is 4.00. The monoisotopic (exact) mass is 285 g/mol. The van der Waals surface area contributed by atoms with E-state index in [1.54, 1.807) is 0 Å². The van der Waals surface area contributed by atoms with Gasteiger partial charge in [0.05, 0.1) is 12.1 Å². The normalized spacial score (nSPS) is 11.3. The lowest BCUT2D eigenvalue weighted by Crippen LogP contribution is -2.05. The van der Waals surface area contributed by atoms with Gasteiger partial charge in [-0.1, -0.05) is 0 Å². The van der Waals surface area contributed by atoms with E-state index in [1.807, 2.05) is 0 Å². The number of benzene rings is 1. The van der Waals surface area contributed by atoms with E-state index in [2.05, 4.69) is 5.32 Å². The highest BCUT2D eigenvalue weighted by Gasteiger charge is 2.29. The summed E-state index contributed by atoms with van der Waals surface area (Å²) in [7, 11) is 0. The first-order chi connectivity index (χ1) is 9.36. The van der Waals surface area contributed by atoms with Crippen molar-refractivity contribution < 1.29 is 27.5 Å². The van der Waals surface area contributed by atoms with Crippen LogP contribution in [0.15, 0.2) is 40.8 Å². The highest BCUT2D eigenvalue weighted by Crippen LogP contribution is 2.29. The van der Waals surface area contributed by atoms with E-state index >= 15 is 0 Å². The van der Waals surface area contributed by atoms with Gasteiger partial charge < -0.3 is 14.8 Å². The average Bonchev–Trinajstić information content (AvgIpc) is 2.85. The van der Waals surface area contributed by atoms with E-state index in [1.165, 1.54) is 24.3 Å². The zero-order chi connectivity index (χ0) is 14.8. The Hall–Kier alpha value is -2.44. The predicted octanol–water partition coefficient (Wildman–Crippen LogP) is 3.61. The fraction of sp³-hybridized carbons (Fsp3) is 0.154. The molecule has 0 radical (unpaired) electrons. The number of anilines is 1. The molecule has 0 aliphatic heterocycles. The highest BCUT2D eigenvalue weighted by atomic mass is 19.4. The minimum Gasteiger partial charge on any atom is -0.475 e. The lowest BCUT2D eigenvalue weighted by molar-refractivity contribution is -0.137. The van der Waals surface area contributed by atoms with Gasteiger partial charge in [0.2, 0.25) is 5.76 Å². The van der Waals surface area contributed by atoms with Gasteiger partial charge in [-0.15, -0.1) is 0 Å². The van der Waals surface area contributed by atoms with Crippen molar-refractivity contribution in [3.63, 3.8) is 0 Å². The van der Waals surface area contributed by atoms with Crippen molar-refractivity contribution in [2.24, 2.45) is 0 Å². The Balaban J connectivity index is 1.98. The number of aromatic carboxylic acids is 1. The van der Waals surface area contributed by atoms with Gasteiger partial charge in [0.15, 0.2) is 0 Å². The zero-order valence-corrected chi connectivity index (χ0v) is 10.1. The third-order valence-corrected chi connectivity index (χ3v) is 2.55. The van der Waals surface area contributed by atoms with Crippen LogP contribution in [-0.4, -0.2) is 11.1 Å². The minimum atomic E-state index is -4.37. The van der Waals surface area contributed by atoms with Gasteiger partial charge >= 0.3 is 12.1 Å². The summed E-state index contributed by atoms with van der Waals surface area (Å²) >= 11 is 0. The molecule has 2 aromatic rings. The van der Waals surface area contributed by atoms with Gasteiger partial charge in [-0.2, -0.15) is 13.2 Å². The number of carboxylic acid groups (broad SMARTS) is 1. The summed E-state index contributed by atoms with van der Waals surface area (Å²) < 4.78 is 42.1. The van der Waals surface area contributed by atoms with Crippen molar-refractivity contribution in [2.45, 2.75) is 12.7 Å². The van der Waals surface area contributed by atoms with Gasteiger partial charge in [-0.3, -0.25) is 0 Å². The van der Waals surface area contributed by atoms with Crippen LogP contribution < -0.4 is 5.32 Å². The molecule has 0 aliphatic carbocycles. The maximum Gasteiger partial charge on any atom is 0.416 e. The van der Waals surface area contributed by atoms with Gasteiger partial charge in [0.25, 0.3) is 0 Å². The molecule has 0 unspecified atom stereocenters. The van der Waals surface area contributed by atoms with Gasteiger partial charge in [-0.25, -0.2) is 4.79 Å². The Morgan fingerprint density at radius 3 is 2.30 bits per heavy atom. The lowest BCUT2D eigenvalue weighted by atomic mass is 10.2. The Kier molecular flexibility index (Phi) is 3.69. The van der Waals surface area contributed by atoms with Crippen LogP contribution in [0.5, 0.6) is 0 Å². The molecule has 0 saturated heterocycles. The molecule has 1 aromatic carbocycles. The predicted molar refractivity (Wildman–Crippen MR) is 64.4 cm³/mol. The first-order valence-corrected chi connectivity index (χ1v) is 5.59. The number of halogens is 3. The smallest absolute Gasteiger partial charge is 0.416 e. The summed E-state index contributed by atoms with van der Waals surface area (Å²) in [5.41, 5.74) is -0.250. The molecule has 0 atom stereocenters. The molecule has 2 rings (SSSR count). The van der Waals surface area contributed by atoms with Gasteiger partial charge in [0.1, 0.15) is 5.76 Å². The van der Waals surface area contributed by atoms with E-state index < -0.39 is 17.7 Å². The number of hydrogen-bond acceptors (Lipinski definition) is 3. The van der Waals surface area contributed by atoms with E-state index in [4.69, 9.17) is 9.52 Å². The van der Waals surface area contributed by atoms with E-state index in [-0.39, 0.29) is 12.3 Å². The third-order valence-electron chi connectivity index (χ3n) is 2.55. The minimum absolute atomic E-state index is 0.179. The standard InChI is InChI=1S/C13H10F3NO3/c14-13(15,16)8-1-3-9(4-2-8)17-7-10-5-6-11(20-10)12(18)19/h1-6,17H,7H2,(H,18,19). The molecule has 0 bridgehead atoms. The molecule has 1 aromatic heterocycles. The van der Waals surface area contributed by atoms with Crippen molar-refractivity contribution in [1.82, 2.24) is 0 Å². The van der Waals surface area contributed by atoms with E-state index in [9.17, 15) is 18.0 Å². The second-order valence-electron chi connectivity index (χ2n) is 4.00. The zero-order valence-electron chi connectivity index (χ0n) is 10.1. The van der Waals surface area contributed by atoms with Crippen molar-refractivity contribution >= 4 is 11.7 Å². The number of carboxylic acids is 1. The van der Waals surface area contributed by atoms with Crippen LogP contribution in [0, 0.1) is 0 Å². The van der Waals surface area contributed by atoms with Crippen LogP contribution in [0.3, 0.4) is 0 Å². The number of alkyl halides is 3. The molecule has 0 aliphatic rings. The highest BCUT2D eigenvalue weighted by molar-refractivity contribution is 5.84. The van der Waals surface area contributed by atoms with Crippen LogP contribution in [0.25, 0.3) is 0 Å². The first kappa shape index (κ1) is 14.0. The fourth-order valence-electron chi connectivity index (χ4n) is 1.55. The number of nitrogens with one attached hydrogen (secondary N) is 1. The Labute approximate surface area is 111 Å². The summed E-state index contributed by atoms with van der Waals surface area (Å²) in [5.74, 6) is -0.984. The molecule has 1 heterocycles. The van der Waals surface area contributed by atoms with Crippen molar-refractivity contribution in [3.8, 4) is 0 Å². The molecule has 7 heteroatoms. The molecule has 0 amide bonds. The molecule has 0 spiro atoms. The summed E-state index contributed by atoms with van der Waals surface area (Å²) in [4.78, 5) is 10.6. The molecule has 20 heavy (non-hydrogen) atoms. The average molecular weight is 285 g/mol. The Bertz CT molecular complexity index is 602. The molecule has 0 saturated carbocycles. The van der Waals surface area contributed by atoms with Crippen LogP contribution in [-0.2, 0) is 12.7 Å². The van der Waals surface area contributed by atoms with Gasteiger partial charge in [0, 0.05) is 5.69 Å². The maximum absolute atomic E-state index is 12.4. The van der Waals surface area contributed by atoms with Crippen molar-refractivity contribution in [3.05, 3.63) is 53.5 Å². The second kappa shape index (κ2) is 5.28. The Morgan fingerprint density at radius 1 is 1.15 bits per heavy atom. The molecule has 2 N–H and O–H groups in total. The maximum atomic E-state index is 12.4. The van der Waals surface area contributed by atoms with Crippen LogP contribution in [0.1, 0.15) is 21.9 Å². The van der Waals surface area contributed by atoms with Crippen molar-refractivity contribution in [2.75, 3.05) is 5.32 Å². The third kappa shape index (κ3) is 3.31. The first-order valence-electron chi connectivity index (χ1n) is 5.59. The van der Waals surface area contributed by atoms with Crippen LogP contribution >= 0.6 is 0 Å². The summed E-state index contributed by atoms with van der Waals surface area (Å²) in [6.07, 6.45) is -4.37. The molecular formula is C13H10F3NO3. The van der Waals surface area contributed by atoms with Gasteiger partial charge in [-0.05, 0) is 36.4 Å². The van der Waals surface area contributed by atoms with E-state index in [0.717, 1.165) is 12.1 Å². The topological polar surface area (TPSA) is 62.5 Å². The largest absolute Gasteiger partial charge is 0.475 e. The summed E-state index contributed by atoms with van der Waals surface area (Å²) in [5, 5.41) is 11.5. The van der Waals surface area contributed by atoms with E-state index in [0.29, 0.717) is 11.4 Å². The lowest BCUT2D eigenvalue weighted by Gasteiger charge is -2.08. The SMILES string of the molecule is O=C(O)c1ccc(CNc2ccc(C(F)(F)F)cc2)o1. The molecule has 0 fully saturated rings. The number of furan rings is 1. The molecule has 106 valence electrons. The Morgan fingerprint density at radius 2 is 1.80 bits per heavy atom. The number of hydrogen-bond donors (Lipinski definition) is 2. The quantitative estimate of drug-likeness (QED) is 0.900.